The Bertz CT molecular complexity index is 1750. The topological polar surface area (TPSA) is 100 Å². The van der Waals surface area contributed by atoms with Crippen LogP contribution in [0.15, 0.2) is 40.8 Å². The Hall–Kier alpha value is -1.78. The van der Waals surface area contributed by atoms with Gasteiger partial charge in [-0.1, -0.05) is 112 Å². The molecule has 12 atom stereocenters. The maximum absolute atomic E-state index is 14.5. The number of aryl methyl sites for hydroxylation is 1. The Labute approximate surface area is 346 Å². The highest BCUT2D eigenvalue weighted by Gasteiger charge is 2.72. The minimum Gasteiger partial charge on any atom is -0.465 e. The standard InChI is InChI=1S/C48H77NO7S/c1-14-15-26-55-42(50)40-44(9,33(5)31(2)3)24-25-46(11)35-20-21-38-45(10)29-54-30-48(38,36(35)22-23-47(40,46)12)27-37(53-13)41(45)56-28-39(43(6,7)8)49-57(51,52)34-18-16-32(4)17-19-34/h16-19,22,31,33,35,37-41,49H,14-15,20-21,23-30H2,1-13H3/t33-,35+,37-,38+,39+,40-,41+,44-,45+,46-,47+,48+/m1/s1. The quantitative estimate of drug-likeness (QED) is 0.120. The van der Waals surface area contributed by atoms with Crippen molar-refractivity contribution in [1.82, 2.24) is 4.72 Å². The normalized spacial score (nSPS) is 39.0. The van der Waals surface area contributed by atoms with Crippen LogP contribution in [0.2, 0.25) is 0 Å². The summed E-state index contributed by atoms with van der Waals surface area (Å²) in [5, 5.41) is 0. The Balaban J connectivity index is 1.32. The van der Waals surface area contributed by atoms with Crippen molar-refractivity contribution >= 4 is 16.0 Å². The van der Waals surface area contributed by atoms with E-state index in [1.54, 1.807) is 19.2 Å². The number of sulfonamides is 1. The number of hydrogen-bond donors (Lipinski definition) is 1. The van der Waals surface area contributed by atoms with Gasteiger partial charge in [-0.3, -0.25) is 4.79 Å². The van der Waals surface area contributed by atoms with Crippen LogP contribution in [0.4, 0.5) is 0 Å². The molecule has 1 saturated heterocycles. The first-order valence-corrected chi connectivity index (χ1v) is 23.7. The molecule has 1 heterocycles. The first-order chi connectivity index (χ1) is 26.6. The second-order valence-corrected chi connectivity index (χ2v) is 23.3. The number of allylic oxidation sites excluding steroid dienone is 1. The molecule has 57 heavy (non-hydrogen) atoms. The smallest absolute Gasteiger partial charge is 0.310 e. The average molecular weight is 812 g/mol. The van der Waals surface area contributed by atoms with Crippen LogP contribution in [0.25, 0.3) is 0 Å². The number of carbonyl (C=O) groups excluding carboxylic acids is 1. The average Bonchev–Trinajstić information content (AvgIpc) is 3.13. The van der Waals surface area contributed by atoms with Crippen molar-refractivity contribution in [2.24, 2.45) is 62.1 Å². The Morgan fingerprint density at radius 1 is 1.00 bits per heavy atom. The van der Waals surface area contributed by atoms with Crippen molar-refractivity contribution in [2.45, 2.75) is 158 Å². The van der Waals surface area contributed by atoms with Crippen molar-refractivity contribution in [3.05, 3.63) is 41.5 Å². The van der Waals surface area contributed by atoms with E-state index in [2.05, 4.69) is 87.0 Å². The van der Waals surface area contributed by atoms with Crippen molar-refractivity contribution in [3.8, 4) is 0 Å². The lowest BCUT2D eigenvalue weighted by atomic mass is 9.34. The highest BCUT2D eigenvalue weighted by Crippen LogP contribution is 2.75. The van der Waals surface area contributed by atoms with Gasteiger partial charge in [0.25, 0.3) is 0 Å². The fraction of sp³-hybridized carbons (Fsp3) is 0.812. The molecule has 0 radical (unpaired) electrons. The van der Waals surface area contributed by atoms with Gasteiger partial charge in [0.15, 0.2) is 0 Å². The Kier molecular flexibility index (Phi) is 12.5. The van der Waals surface area contributed by atoms with E-state index in [0.717, 1.165) is 56.9 Å². The maximum atomic E-state index is 14.5. The highest BCUT2D eigenvalue weighted by molar-refractivity contribution is 7.89. The number of ether oxygens (including phenoxy) is 4. The van der Waals surface area contributed by atoms with E-state index in [9.17, 15) is 13.2 Å². The van der Waals surface area contributed by atoms with Gasteiger partial charge in [-0.05, 0) is 109 Å². The molecule has 1 aromatic carbocycles. The molecule has 1 N–H and O–H groups in total. The lowest BCUT2D eigenvalue weighted by Gasteiger charge is -2.71. The van der Waals surface area contributed by atoms with Gasteiger partial charge >= 0.3 is 5.97 Å². The summed E-state index contributed by atoms with van der Waals surface area (Å²) in [5.74, 6) is 1.32. The number of nitrogens with one attached hydrogen (secondary N) is 1. The minimum atomic E-state index is -3.77. The van der Waals surface area contributed by atoms with Crippen LogP contribution in [0.5, 0.6) is 0 Å². The van der Waals surface area contributed by atoms with Crippen LogP contribution >= 0.6 is 0 Å². The predicted molar refractivity (Wildman–Crippen MR) is 227 cm³/mol. The molecule has 3 saturated carbocycles. The molecule has 8 nitrogen and oxygen atoms in total. The molecule has 2 bridgehead atoms. The fourth-order valence-corrected chi connectivity index (χ4v) is 14.5. The van der Waals surface area contributed by atoms with Crippen LogP contribution in [0.1, 0.15) is 133 Å². The third kappa shape index (κ3) is 7.41. The van der Waals surface area contributed by atoms with Crippen molar-refractivity contribution in [1.29, 1.82) is 0 Å². The molecule has 9 heteroatoms. The van der Waals surface area contributed by atoms with Crippen LogP contribution in [0, 0.1) is 69.0 Å². The lowest BCUT2D eigenvalue weighted by molar-refractivity contribution is -0.268. The van der Waals surface area contributed by atoms with Gasteiger partial charge in [0.1, 0.15) is 0 Å². The van der Waals surface area contributed by atoms with E-state index in [0.29, 0.717) is 43.5 Å². The van der Waals surface area contributed by atoms with E-state index >= 15 is 0 Å². The van der Waals surface area contributed by atoms with E-state index in [1.165, 1.54) is 5.57 Å². The molecule has 6 rings (SSSR count). The number of unbranched alkanes of at least 4 members (excludes halogenated alkanes) is 1. The van der Waals surface area contributed by atoms with Crippen LogP contribution in [-0.2, 0) is 33.8 Å². The number of carbonyl (C=O) groups is 1. The first kappa shape index (κ1) is 44.8. The summed E-state index contributed by atoms with van der Waals surface area (Å²) in [5.41, 5.74) is 1.11. The molecular formula is C48H77NO7S. The fourth-order valence-electron chi connectivity index (χ4n) is 13.1. The molecule has 4 fully saturated rings. The summed E-state index contributed by atoms with van der Waals surface area (Å²) in [6.45, 7) is 28.9. The summed E-state index contributed by atoms with van der Waals surface area (Å²) in [4.78, 5) is 14.8. The number of methoxy groups -OCH3 is 1. The van der Waals surface area contributed by atoms with Crippen molar-refractivity contribution in [3.63, 3.8) is 0 Å². The predicted octanol–water partition coefficient (Wildman–Crippen LogP) is 9.94. The van der Waals surface area contributed by atoms with E-state index in [4.69, 9.17) is 18.9 Å². The molecule has 0 unspecified atom stereocenters. The van der Waals surface area contributed by atoms with Crippen LogP contribution < -0.4 is 4.72 Å². The second kappa shape index (κ2) is 15.9. The van der Waals surface area contributed by atoms with Gasteiger partial charge in [0.05, 0.1) is 55.5 Å². The summed E-state index contributed by atoms with van der Waals surface area (Å²) < 4.78 is 56.7. The third-order valence-electron chi connectivity index (χ3n) is 17.2. The van der Waals surface area contributed by atoms with E-state index < -0.39 is 21.5 Å². The van der Waals surface area contributed by atoms with E-state index in [1.807, 2.05) is 19.1 Å². The Morgan fingerprint density at radius 2 is 1.68 bits per heavy atom. The van der Waals surface area contributed by atoms with Gasteiger partial charge in [-0.2, -0.15) is 0 Å². The molecule has 0 amide bonds. The highest BCUT2D eigenvalue weighted by atomic mass is 32.2. The number of rotatable bonds is 13. The van der Waals surface area contributed by atoms with Gasteiger partial charge in [0, 0.05) is 17.9 Å². The number of hydrogen-bond acceptors (Lipinski definition) is 7. The number of esters is 1. The second-order valence-electron chi connectivity index (χ2n) is 21.6. The summed E-state index contributed by atoms with van der Waals surface area (Å²) in [6.07, 6.45) is 9.87. The van der Waals surface area contributed by atoms with Gasteiger partial charge in [-0.15, -0.1) is 0 Å². The van der Waals surface area contributed by atoms with Gasteiger partial charge in [-0.25, -0.2) is 13.1 Å². The minimum absolute atomic E-state index is 0.0102. The molecule has 5 aliphatic rings. The molecular weight excluding hydrogens is 735 g/mol. The first-order valence-electron chi connectivity index (χ1n) is 22.2. The molecule has 0 aromatic heterocycles. The molecule has 0 spiro atoms. The number of fused-ring (bicyclic) bond motifs is 3. The van der Waals surface area contributed by atoms with Crippen LogP contribution in [0.3, 0.4) is 0 Å². The van der Waals surface area contributed by atoms with Crippen molar-refractivity contribution < 1.29 is 32.2 Å². The third-order valence-corrected chi connectivity index (χ3v) is 18.7. The zero-order valence-electron chi connectivity index (χ0n) is 37.8. The van der Waals surface area contributed by atoms with E-state index in [-0.39, 0.29) is 62.7 Å². The molecule has 4 aliphatic carbocycles. The molecule has 322 valence electrons. The summed E-state index contributed by atoms with van der Waals surface area (Å²) in [6, 6.07) is 6.52. The summed E-state index contributed by atoms with van der Waals surface area (Å²) >= 11 is 0. The Morgan fingerprint density at radius 3 is 2.30 bits per heavy atom. The molecule has 1 aromatic rings. The largest absolute Gasteiger partial charge is 0.465 e. The van der Waals surface area contributed by atoms with Crippen molar-refractivity contribution in [2.75, 3.05) is 33.5 Å². The zero-order valence-corrected chi connectivity index (χ0v) is 38.6. The zero-order chi connectivity index (χ0) is 42.0. The summed E-state index contributed by atoms with van der Waals surface area (Å²) in [7, 11) is -1.97. The van der Waals surface area contributed by atoms with Crippen LogP contribution in [-0.4, -0.2) is 66.2 Å². The maximum Gasteiger partial charge on any atom is 0.310 e. The van der Waals surface area contributed by atoms with Gasteiger partial charge < -0.3 is 18.9 Å². The SMILES string of the molecule is CCCCOC(=O)[C@@H]1[C@@](C)([C@H](C)C(C)C)CC[C@]2(C)[C@H]3CC[C@@H]4[C@@]5(COC[C@]4(C)[C@@H](OC[C@H](NS(=O)(=O)c4ccc(C)cc4)C(C)(C)C)[C@H](OC)C5)C3=CC[C@@]12C. The lowest BCUT2D eigenvalue weighted by Crippen LogP contribution is -2.70. The van der Waals surface area contributed by atoms with Gasteiger partial charge in [0.2, 0.25) is 10.0 Å². The number of benzene rings is 1. The molecule has 1 aliphatic heterocycles. The monoisotopic (exact) mass is 812 g/mol.